The van der Waals surface area contributed by atoms with Gasteiger partial charge in [0.2, 0.25) is 11.8 Å². The Balaban J connectivity index is 2.11. The molecule has 19 heavy (non-hydrogen) atoms. The number of amides is 2. The van der Waals surface area contributed by atoms with E-state index < -0.39 is 11.9 Å². The molecule has 0 saturated carbocycles. The van der Waals surface area contributed by atoms with Crippen LogP contribution in [0.25, 0.3) is 10.8 Å². The molecule has 1 fully saturated rings. The lowest BCUT2D eigenvalue weighted by Gasteiger charge is -2.23. The zero-order valence-electron chi connectivity index (χ0n) is 10.1. The van der Waals surface area contributed by atoms with Crippen LogP contribution in [0, 0.1) is 0 Å². The van der Waals surface area contributed by atoms with Gasteiger partial charge in [0.15, 0.2) is 0 Å². The molecule has 0 unspecified atom stereocenters. The summed E-state index contributed by atoms with van der Waals surface area (Å²) in [6, 6.07) is 8.44. The van der Waals surface area contributed by atoms with E-state index in [9.17, 15) is 14.4 Å². The molecule has 1 N–H and O–H groups in total. The molecule has 3 rings (SSSR count). The first-order valence-electron chi connectivity index (χ1n) is 6.10. The van der Waals surface area contributed by atoms with Crippen LogP contribution in [-0.2, 0) is 9.59 Å². The van der Waals surface area contributed by atoms with Gasteiger partial charge in [-0.1, -0.05) is 18.2 Å². The Morgan fingerprint density at radius 2 is 1.89 bits per heavy atom. The molecule has 1 atom stereocenters. The number of nitrogens with one attached hydrogen (secondary N) is 1. The Kier molecular flexibility index (Phi) is 2.67. The van der Waals surface area contributed by atoms with Gasteiger partial charge < -0.3 is 4.57 Å². The van der Waals surface area contributed by atoms with Crippen LogP contribution in [0.2, 0.25) is 0 Å². The maximum Gasteiger partial charge on any atom is 0.259 e. The van der Waals surface area contributed by atoms with E-state index in [1.807, 2.05) is 12.1 Å². The van der Waals surface area contributed by atoms with Crippen molar-refractivity contribution in [2.24, 2.45) is 0 Å². The average Bonchev–Trinajstić information content (AvgIpc) is 2.41. The Morgan fingerprint density at radius 1 is 1.11 bits per heavy atom. The number of piperidine rings is 1. The van der Waals surface area contributed by atoms with Crippen molar-refractivity contribution in [1.29, 1.82) is 0 Å². The molecular formula is C14H12N2O3. The summed E-state index contributed by atoms with van der Waals surface area (Å²) < 4.78 is 1.41. The highest BCUT2D eigenvalue weighted by Crippen LogP contribution is 2.18. The van der Waals surface area contributed by atoms with Crippen molar-refractivity contribution >= 4 is 22.6 Å². The quantitative estimate of drug-likeness (QED) is 0.773. The largest absolute Gasteiger partial charge is 0.302 e. The highest BCUT2D eigenvalue weighted by Gasteiger charge is 2.28. The summed E-state index contributed by atoms with van der Waals surface area (Å²) in [4.78, 5) is 35.3. The first kappa shape index (κ1) is 11.6. The van der Waals surface area contributed by atoms with E-state index in [1.165, 1.54) is 4.57 Å². The smallest absolute Gasteiger partial charge is 0.259 e. The third-order valence-corrected chi connectivity index (χ3v) is 3.39. The number of carbonyl (C=O) groups is 2. The second-order valence-corrected chi connectivity index (χ2v) is 4.58. The lowest BCUT2D eigenvalue weighted by molar-refractivity contribution is -0.135. The van der Waals surface area contributed by atoms with Crippen molar-refractivity contribution in [2.45, 2.75) is 18.9 Å². The standard InChI is InChI=1S/C14H12N2O3/c17-12-6-5-11(13(18)15-12)16-8-7-9-3-1-2-4-10(9)14(16)19/h1-4,7-8,11H,5-6H2,(H,15,17,18)/t11-/m1/s1. The Hall–Kier alpha value is -2.43. The van der Waals surface area contributed by atoms with E-state index in [2.05, 4.69) is 5.32 Å². The van der Waals surface area contributed by atoms with Gasteiger partial charge in [-0.3, -0.25) is 19.7 Å². The molecule has 96 valence electrons. The fourth-order valence-electron chi connectivity index (χ4n) is 2.40. The molecule has 2 amide bonds. The first-order valence-corrected chi connectivity index (χ1v) is 6.10. The number of carbonyl (C=O) groups excluding carboxylic acids is 2. The van der Waals surface area contributed by atoms with Crippen LogP contribution in [0.5, 0.6) is 0 Å². The minimum absolute atomic E-state index is 0.201. The van der Waals surface area contributed by atoms with Crippen LogP contribution in [0.15, 0.2) is 41.3 Å². The second-order valence-electron chi connectivity index (χ2n) is 4.58. The summed E-state index contributed by atoms with van der Waals surface area (Å²) in [6.07, 6.45) is 2.24. The predicted molar refractivity (Wildman–Crippen MR) is 69.6 cm³/mol. The Morgan fingerprint density at radius 3 is 2.68 bits per heavy atom. The summed E-state index contributed by atoms with van der Waals surface area (Å²) in [7, 11) is 0. The maximum absolute atomic E-state index is 12.4. The van der Waals surface area contributed by atoms with Gasteiger partial charge in [0.05, 0.1) is 0 Å². The number of pyridine rings is 1. The highest BCUT2D eigenvalue weighted by molar-refractivity contribution is 5.99. The number of imide groups is 1. The molecule has 1 aliphatic heterocycles. The molecule has 1 saturated heterocycles. The minimum Gasteiger partial charge on any atom is -0.302 e. The summed E-state index contributed by atoms with van der Waals surface area (Å²) in [6.45, 7) is 0. The number of hydrogen-bond donors (Lipinski definition) is 1. The monoisotopic (exact) mass is 256 g/mol. The number of hydrogen-bond acceptors (Lipinski definition) is 3. The van der Waals surface area contributed by atoms with Gasteiger partial charge in [-0.25, -0.2) is 0 Å². The third kappa shape index (κ3) is 1.93. The predicted octanol–water partition coefficient (Wildman–Crippen LogP) is 0.979. The molecule has 0 spiro atoms. The maximum atomic E-state index is 12.4. The zero-order chi connectivity index (χ0) is 13.4. The number of rotatable bonds is 1. The summed E-state index contributed by atoms with van der Waals surface area (Å²) in [5.74, 6) is -0.691. The molecule has 5 nitrogen and oxygen atoms in total. The fourth-order valence-corrected chi connectivity index (χ4v) is 2.40. The normalized spacial score (nSPS) is 19.5. The molecule has 1 aromatic heterocycles. The van der Waals surface area contributed by atoms with Gasteiger partial charge in [0.1, 0.15) is 6.04 Å². The zero-order valence-corrected chi connectivity index (χ0v) is 10.1. The van der Waals surface area contributed by atoms with Crippen LogP contribution in [0.3, 0.4) is 0 Å². The summed E-state index contributed by atoms with van der Waals surface area (Å²) in [5, 5.41) is 3.69. The van der Waals surface area contributed by atoms with Crippen molar-refractivity contribution in [3.63, 3.8) is 0 Å². The van der Waals surface area contributed by atoms with Crippen LogP contribution in [0.1, 0.15) is 18.9 Å². The molecule has 5 heteroatoms. The number of fused-ring (bicyclic) bond motifs is 1. The van der Waals surface area contributed by atoms with Crippen molar-refractivity contribution in [3.8, 4) is 0 Å². The lowest BCUT2D eigenvalue weighted by atomic mass is 10.1. The lowest BCUT2D eigenvalue weighted by Crippen LogP contribution is -2.44. The molecule has 0 radical (unpaired) electrons. The average molecular weight is 256 g/mol. The fraction of sp³-hybridized carbons (Fsp3) is 0.214. The topological polar surface area (TPSA) is 68.2 Å². The highest BCUT2D eigenvalue weighted by atomic mass is 16.2. The van der Waals surface area contributed by atoms with Gasteiger partial charge >= 0.3 is 0 Å². The molecule has 0 aliphatic carbocycles. The molecular weight excluding hydrogens is 244 g/mol. The van der Waals surface area contributed by atoms with Crippen molar-refractivity contribution in [1.82, 2.24) is 9.88 Å². The van der Waals surface area contributed by atoms with Gasteiger partial charge in [0.25, 0.3) is 5.56 Å². The summed E-state index contributed by atoms with van der Waals surface area (Å²) >= 11 is 0. The van der Waals surface area contributed by atoms with E-state index in [0.29, 0.717) is 11.8 Å². The van der Waals surface area contributed by atoms with Gasteiger partial charge in [0, 0.05) is 18.0 Å². The van der Waals surface area contributed by atoms with Crippen LogP contribution >= 0.6 is 0 Å². The summed E-state index contributed by atoms with van der Waals surface area (Å²) in [5.41, 5.74) is -0.201. The van der Waals surface area contributed by atoms with E-state index >= 15 is 0 Å². The third-order valence-electron chi connectivity index (χ3n) is 3.39. The molecule has 2 heterocycles. The van der Waals surface area contributed by atoms with Crippen LogP contribution in [0.4, 0.5) is 0 Å². The number of aromatic nitrogens is 1. The molecule has 1 aliphatic rings. The Labute approximate surface area is 108 Å². The van der Waals surface area contributed by atoms with E-state index in [-0.39, 0.29) is 17.9 Å². The molecule has 2 aromatic rings. The van der Waals surface area contributed by atoms with Gasteiger partial charge in [-0.2, -0.15) is 0 Å². The Bertz CT molecular complexity index is 733. The molecule has 1 aromatic carbocycles. The number of benzene rings is 1. The number of nitrogens with zero attached hydrogens (tertiary/aromatic N) is 1. The van der Waals surface area contributed by atoms with Crippen LogP contribution in [-0.4, -0.2) is 16.4 Å². The van der Waals surface area contributed by atoms with Gasteiger partial charge in [-0.05, 0) is 23.9 Å². The second kappa shape index (κ2) is 4.35. The first-order chi connectivity index (χ1) is 9.16. The van der Waals surface area contributed by atoms with Crippen molar-refractivity contribution in [2.75, 3.05) is 0 Å². The van der Waals surface area contributed by atoms with Crippen molar-refractivity contribution in [3.05, 3.63) is 46.9 Å². The molecule has 0 bridgehead atoms. The van der Waals surface area contributed by atoms with E-state index in [4.69, 9.17) is 0 Å². The van der Waals surface area contributed by atoms with E-state index in [1.54, 1.807) is 24.4 Å². The van der Waals surface area contributed by atoms with Crippen molar-refractivity contribution < 1.29 is 9.59 Å². The van der Waals surface area contributed by atoms with Gasteiger partial charge in [-0.15, -0.1) is 0 Å². The SMILES string of the molecule is O=C1CC[C@@H](n2ccc3ccccc3c2=O)C(=O)N1. The minimum atomic E-state index is -0.602. The van der Waals surface area contributed by atoms with Crippen LogP contribution < -0.4 is 10.9 Å². The van der Waals surface area contributed by atoms with E-state index in [0.717, 1.165) is 5.39 Å².